The SMILES string of the molecule is c1ccc(-c2nc(-c3ccc(-c4ccc(-c5ccc(-c6c7ccccc7cc7c6ccc6ccccc67)cc5)cc4)cc3)cc(-c3ccc(-c4cccc5c4sc4ccccc45)cc3)n2)cc1. The van der Waals surface area contributed by atoms with E-state index in [9.17, 15) is 0 Å². The summed E-state index contributed by atoms with van der Waals surface area (Å²) in [6.45, 7) is 0. The van der Waals surface area contributed by atoms with Gasteiger partial charge in [0.2, 0.25) is 0 Å². The third kappa shape index (κ3) is 6.96. The lowest BCUT2D eigenvalue weighted by molar-refractivity contribution is 1.18. The molecule has 3 heteroatoms. The molecule has 0 atom stereocenters. The smallest absolute Gasteiger partial charge is 0.160 e. The number of benzene rings is 11. The first-order valence-corrected chi connectivity index (χ1v) is 23.6. The van der Waals surface area contributed by atoms with Crippen molar-refractivity contribution in [2.75, 3.05) is 0 Å². The van der Waals surface area contributed by atoms with Crippen molar-refractivity contribution in [2.45, 2.75) is 0 Å². The molecule has 0 saturated heterocycles. The van der Waals surface area contributed by atoms with Crippen molar-refractivity contribution in [3.8, 4) is 78.4 Å². The van der Waals surface area contributed by atoms with E-state index in [1.54, 1.807) is 0 Å². The summed E-state index contributed by atoms with van der Waals surface area (Å²) < 4.78 is 2.63. The van der Waals surface area contributed by atoms with E-state index in [1.165, 1.54) is 91.4 Å². The molecule has 0 aliphatic carbocycles. The van der Waals surface area contributed by atoms with Crippen molar-refractivity contribution in [1.82, 2.24) is 9.97 Å². The number of hydrogen-bond acceptors (Lipinski definition) is 3. The maximum absolute atomic E-state index is 5.12. The molecule has 0 N–H and O–H groups in total. The minimum Gasteiger partial charge on any atom is -0.228 e. The monoisotopic (exact) mass is 868 g/mol. The summed E-state index contributed by atoms with van der Waals surface area (Å²) in [5.41, 5.74) is 14.5. The summed E-state index contributed by atoms with van der Waals surface area (Å²) in [7, 11) is 0. The Labute approximate surface area is 392 Å². The normalized spacial score (nSPS) is 11.6. The summed E-state index contributed by atoms with van der Waals surface area (Å²) in [6.07, 6.45) is 0. The quantitative estimate of drug-likeness (QED) is 0.118. The fourth-order valence-electron chi connectivity index (χ4n) is 9.90. The number of nitrogens with zero attached hydrogens (tertiary/aromatic N) is 2. The Morgan fingerprint density at radius 1 is 0.269 bits per heavy atom. The molecule has 0 radical (unpaired) electrons. The molecule has 0 fully saturated rings. The van der Waals surface area contributed by atoms with Crippen LogP contribution in [0.3, 0.4) is 0 Å². The fourth-order valence-corrected chi connectivity index (χ4v) is 11.1. The van der Waals surface area contributed by atoms with Crippen LogP contribution in [-0.4, -0.2) is 9.97 Å². The fraction of sp³-hybridized carbons (Fsp3) is 0. The Morgan fingerprint density at radius 2 is 0.776 bits per heavy atom. The summed E-state index contributed by atoms with van der Waals surface area (Å²) in [5, 5.41) is 10.3. The average Bonchev–Trinajstić information content (AvgIpc) is 3.80. The van der Waals surface area contributed by atoms with Crippen molar-refractivity contribution in [3.63, 3.8) is 0 Å². The van der Waals surface area contributed by atoms with Gasteiger partial charge in [-0.2, -0.15) is 0 Å². The van der Waals surface area contributed by atoms with Crippen molar-refractivity contribution in [2.24, 2.45) is 0 Å². The lowest BCUT2D eigenvalue weighted by Crippen LogP contribution is -1.96. The van der Waals surface area contributed by atoms with Crippen LogP contribution in [-0.2, 0) is 0 Å². The zero-order chi connectivity index (χ0) is 44.3. The van der Waals surface area contributed by atoms with Crippen LogP contribution in [0.4, 0.5) is 0 Å². The maximum atomic E-state index is 5.12. The molecular weight excluding hydrogens is 829 g/mol. The van der Waals surface area contributed by atoms with Crippen LogP contribution in [0.15, 0.2) is 243 Å². The second kappa shape index (κ2) is 16.2. The van der Waals surface area contributed by atoms with Crippen LogP contribution < -0.4 is 0 Å². The zero-order valence-electron chi connectivity index (χ0n) is 36.4. The number of thiophene rings is 1. The van der Waals surface area contributed by atoms with Gasteiger partial charge in [0.05, 0.1) is 11.4 Å². The molecule has 2 aromatic heterocycles. The van der Waals surface area contributed by atoms with Crippen LogP contribution in [0, 0.1) is 0 Å². The summed E-state index contributed by atoms with van der Waals surface area (Å²) in [6, 6.07) is 87.6. The third-order valence-electron chi connectivity index (χ3n) is 13.3. The summed E-state index contributed by atoms with van der Waals surface area (Å²) in [4.78, 5) is 10.2. The number of aromatic nitrogens is 2. The van der Waals surface area contributed by atoms with Gasteiger partial charge in [-0.15, -0.1) is 11.3 Å². The van der Waals surface area contributed by atoms with Gasteiger partial charge in [0, 0.05) is 36.9 Å². The number of rotatable bonds is 7. The second-order valence-electron chi connectivity index (χ2n) is 17.3. The molecule has 0 bridgehead atoms. The highest BCUT2D eigenvalue weighted by Crippen LogP contribution is 2.42. The molecule has 0 amide bonds. The van der Waals surface area contributed by atoms with E-state index < -0.39 is 0 Å². The number of fused-ring (bicyclic) bond motifs is 7. The standard InChI is InChI=1S/C64H40N2S/c1-2-12-50(13-3-1)64-65-59(40-60(66-64)48-33-29-46(30-34-48)54-18-10-19-57-55-17-8-9-20-61(55)67-63(54)57)47-31-25-43(26-32-47)41-21-23-42(24-22-41)44-27-35-49(36-28-44)62-53-16-7-5-14-51(53)39-58-52-15-6-4-11-45(52)37-38-56(58)62/h1-40H. The Morgan fingerprint density at radius 3 is 1.43 bits per heavy atom. The molecule has 13 aromatic rings. The number of hydrogen-bond donors (Lipinski definition) is 0. The molecule has 0 unspecified atom stereocenters. The van der Waals surface area contributed by atoms with Crippen LogP contribution >= 0.6 is 11.3 Å². The predicted molar refractivity (Wildman–Crippen MR) is 285 cm³/mol. The molecule has 2 nitrogen and oxygen atoms in total. The van der Waals surface area contributed by atoms with Gasteiger partial charge in [-0.3, -0.25) is 0 Å². The Bertz CT molecular complexity index is 3980. The Hall–Kier alpha value is -8.50. The topological polar surface area (TPSA) is 25.8 Å². The van der Waals surface area contributed by atoms with Gasteiger partial charge >= 0.3 is 0 Å². The van der Waals surface area contributed by atoms with E-state index in [4.69, 9.17) is 9.97 Å². The van der Waals surface area contributed by atoms with E-state index >= 15 is 0 Å². The van der Waals surface area contributed by atoms with Crippen molar-refractivity contribution < 1.29 is 0 Å². The van der Waals surface area contributed by atoms with Crippen LogP contribution in [0.5, 0.6) is 0 Å². The molecule has 13 rings (SSSR count). The van der Waals surface area contributed by atoms with E-state index in [0.29, 0.717) is 5.82 Å². The third-order valence-corrected chi connectivity index (χ3v) is 14.5. The Kier molecular flexibility index (Phi) is 9.40. The van der Waals surface area contributed by atoms with E-state index in [0.717, 1.165) is 33.6 Å². The maximum Gasteiger partial charge on any atom is 0.160 e. The van der Waals surface area contributed by atoms with Crippen LogP contribution in [0.25, 0.3) is 131 Å². The van der Waals surface area contributed by atoms with E-state index in [1.807, 2.05) is 29.5 Å². The minimum atomic E-state index is 0.707. The van der Waals surface area contributed by atoms with E-state index in [2.05, 4.69) is 224 Å². The molecular formula is C64H40N2S. The van der Waals surface area contributed by atoms with Crippen LogP contribution in [0.1, 0.15) is 0 Å². The molecule has 312 valence electrons. The first-order valence-electron chi connectivity index (χ1n) is 22.8. The predicted octanol–water partition coefficient (Wildman–Crippen LogP) is 18.0. The zero-order valence-corrected chi connectivity index (χ0v) is 37.2. The van der Waals surface area contributed by atoms with Crippen LogP contribution in [0.2, 0.25) is 0 Å². The molecule has 11 aromatic carbocycles. The summed E-state index contributed by atoms with van der Waals surface area (Å²) in [5.74, 6) is 0.707. The molecule has 67 heavy (non-hydrogen) atoms. The Balaban J connectivity index is 0.787. The highest BCUT2D eigenvalue weighted by molar-refractivity contribution is 7.26. The van der Waals surface area contributed by atoms with Crippen molar-refractivity contribution in [1.29, 1.82) is 0 Å². The second-order valence-corrected chi connectivity index (χ2v) is 18.3. The highest BCUT2D eigenvalue weighted by atomic mass is 32.1. The van der Waals surface area contributed by atoms with Gasteiger partial charge in [0.1, 0.15) is 0 Å². The summed E-state index contributed by atoms with van der Waals surface area (Å²) >= 11 is 1.86. The molecule has 0 aliphatic rings. The molecule has 0 aliphatic heterocycles. The lowest BCUT2D eigenvalue weighted by atomic mass is 9.89. The molecule has 0 saturated carbocycles. The first-order chi connectivity index (χ1) is 33.2. The van der Waals surface area contributed by atoms with Crippen molar-refractivity contribution in [3.05, 3.63) is 243 Å². The first kappa shape index (κ1) is 38.9. The lowest BCUT2D eigenvalue weighted by Gasteiger charge is -2.14. The largest absolute Gasteiger partial charge is 0.228 e. The highest BCUT2D eigenvalue weighted by Gasteiger charge is 2.15. The minimum absolute atomic E-state index is 0.707. The van der Waals surface area contributed by atoms with E-state index in [-0.39, 0.29) is 0 Å². The molecule has 0 spiro atoms. The van der Waals surface area contributed by atoms with Gasteiger partial charge in [-0.25, -0.2) is 9.97 Å². The van der Waals surface area contributed by atoms with Crippen molar-refractivity contribution >= 4 is 63.8 Å². The van der Waals surface area contributed by atoms with Gasteiger partial charge in [-0.1, -0.05) is 224 Å². The van der Waals surface area contributed by atoms with Gasteiger partial charge in [0.25, 0.3) is 0 Å². The average molecular weight is 869 g/mol. The molecule has 2 heterocycles. The van der Waals surface area contributed by atoms with Gasteiger partial charge in [-0.05, 0) is 95.0 Å². The van der Waals surface area contributed by atoms with Gasteiger partial charge < -0.3 is 0 Å². The van der Waals surface area contributed by atoms with Gasteiger partial charge in [0.15, 0.2) is 5.82 Å².